The van der Waals surface area contributed by atoms with Crippen LogP contribution in [0.4, 0.5) is 5.69 Å². The number of nitrogens with zero attached hydrogens (tertiary/aromatic N) is 1. The average molecular weight is 340 g/mol. The number of nitrogens with one attached hydrogen (secondary N) is 2. The number of amides is 2. The molecule has 0 saturated heterocycles. The fourth-order valence-electron chi connectivity index (χ4n) is 2.31. The molecule has 0 heterocycles. The first-order valence-electron chi connectivity index (χ1n) is 7.81. The minimum Gasteiger partial charge on any atom is -0.353 e. The Bertz CT molecular complexity index is 550. The van der Waals surface area contributed by atoms with Crippen molar-refractivity contribution in [3.63, 3.8) is 0 Å². The van der Waals surface area contributed by atoms with Crippen molar-refractivity contribution in [3.05, 3.63) is 28.3 Å². The van der Waals surface area contributed by atoms with Gasteiger partial charge in [0.15, 0.2) is 0 Å². The van der Waals surface area contributed by atoms with E-state index in [1.165, 1.54) is 0 Å². The zero-order valence-electron chi connectivity index (χ0n) is 14.5. The van der Waals surface area contributed by atoms with Crippen LogP contribution in [0, 0.1) is 13.8 Å². The second-order valence-corrected chi connectivity index (χ2v) is 6.42. The van der Waals surface area contributed by atoms with Crippen LogP contribution in [-0.4, -0.2) is 42.4 Å². The van der Waals surface area contributed by atoms with Crippen molar-refractivity contribution in [3.8, 4) is 0 Å². The van der Waals surface area contributed by atoms with Gasteiger partial charge in [0.2, 0.25) is 11.8 Å². The molecule has 0 aliphatic heterocycles. The first-order valence-corrected chi connectivity index (χ1v) is 8.19. The number of likely N-dealkylation sites (N-methyl/N-ethyl adjacent to an activating group) is 1. The predicted octanol–water partition coefficient (Wildman–Crippen LogP) is 2.74. The van der Waals surface area contributed by atoms with Crippen LogP contribution in [0.2, 0.25) is 5.02 Å². The molecule has 0 atom stereocenters. The number of rotatable bonds is 7. The molecule has 0 radical (unpaired) electrons. The number of benzene rings is 1. The quantitative estimate of drug-likeness (QED) is 0.803. The molecular formula is C17H26ClN3O2. The highest BCUT2D eigenvalue weighted by Gasteiger charge is 2.15. The molecule has 0 aromatic heterocycles. The summed E-state index contributed by atoms with van der Waals surface area (Å²) in [6, 6.07) is 3.87. The van der Waals surface area contributed by atoms with Crippen LogP contribution in [0.3, 0.4) is 0 Å². The first-order chi connectivity index (χ1) is 10.7. The molecule has 1 aromatic rings. The largest absolute Gasteiger partial charge is 0.353 e. The maximum absolute atomic E-state index is 12.2. The number of carbonyl (C=O) groups excluding carboxylic acids is 2. The van der Waals surface area contributed by atoms with Gasteiger partial charge in [-0.15, -0.1) is 0 Å². The summed E-state index contributed by atoms with van der Waals surface area (Å²) in [5.74, 6) is -0.266. The molecule has 1 rings (SSSR count). The third kappa shape index (κ3) is 6.59. The molecule has 5 nitrogen and oxygen atoms in total. The van der Waals surface area contributed by atoms with Crippen molar-refractivity contribution in [1.29, 1.82) is 0 Å². The Balaban J connectivity index is 2.66. The molecule has 1 aromatic carbocycles. The van der Waals surface area contributed by atoms with Crippen LogP contribution in [0.1, 0.15) is 31.9 Å². The van der Waals surface area contributed by atoms with Gasteiger partial charge in [-0.25, -0.2) is 0 Å². The van der Waals surface area contributed by atoms with Crippen LogP contribution in [0.15, 0.2) is 12.1 Å². The third-order valence-electron chi connectivity index (χ3n) is 3.33. The summed E-state index contributed by atoms with van der Waals surface area (Å²) in [6.45, 7) is 10.5. The van der Waals surface area contributed by atoms with Gasteiger partial charge in [-0.3, -0.25) is 14.5 Å². The van der Waals surface area contributed by atoms with E-state index in [4.69, 9.17) is 11.6 Å². The van der Waals surface area contributed by atoms with Gasteiger partial charge in [0, 0.05) is 6.04 Å². The van der Waals surface area contributed by atoms with Gasteiger partial charge in [0.1, 0.15) is 0 Å². The maximum atomic E-state index is 12.2. The van der Waals surface area contributed by atoms with Crippen molar-refractivity contribution in [2.45, 2.75) is 40.7 Å². The van der Waals surface area contributed by atoms with Gasteiger partial charge in [-0.05, 0) is 51.4 Å². The van der Waals surface area contributed by atoms with Gasteiger partial charge in [0.05, 0.1) is 23.8 Å². The average Bonchev–Trinajstić information content (AvgIpc) is 2.41. The zero-order valence-corrected chi connectivity index (χ0v) is 15.3. The highest BCUT2D eigenvalue weighted by molar-refractivity contribution is 6.34. The van der Waals surface area contributed by atoms with Crippen LogP contribution in [0.25, 0.3) is 0 Å². The number of hydrogen-bond acceptors (Lipinski definition) is 3. The van der Waals surface area contributed by atoms with Gasteiger partial charge >= 0.3 is 0 Å². The number of hydrogen-bond donors (Lipinski definition) is 2. The minimum absolute atomic E-state index is 0.0841. The molecule has 2 N–H and O–H groups in total. The van der Waals surface area contributed by atoms with Crippen LogP contribution >= 0.6 is 11.6 Å². The molecule has 23 heavy (non-hydrogen) atoms. The molecule has 6 heteroatoms. The molecule has 0 fully saturated rings. The Morgan fingerprint density at radius 1 is 1.17 bits per heavy atom. The SMILES string of the molecule is CCN(CC(=O)Nc1c(C)cc(C)cc1Cl)CC(=O)NC(C)C. The topological polar surface area (TPSA) is 61.4 Å². The van der Waals surface area contributed by atoms with Crippen molar-refractivity contribution in [1.82, 2.24) is 10.2 Å². The van der Waals surface area contributed by atoms with E-state index in [1.807, 2.05) is 46.8 Å². The Morgan fingerprint density at radius 2 is 1.78 bits per heavy atom. The Kier molecular flexibility index (Phi) is 7.52. The first kappa shape index (κ1) is 19.5. The second kappa shape index (κ2) is 8.89. The lowest BCUT2D eigenvalue weighted by Crippen LogP contribution is -2.42. The highest BCUT2D eigenvalue weighted by Crippen LogP contribution is 2.27. The van der Waals surface area contributed by atoms with Crippen LogP contribution in [-0.2, 0) is 9.59 Å². The van der Waals surface area contributed by atoms with Crippen molar-refractivity contribution in [2.24, 2.45) is 0 Å². The van der Waals surface area contributed by atoms with E-state index < -0.39 is 0 Å². The number of carbonyl (C=O) groups is 2. The molecule has 0 spiro atoms. The summed E-state index contributed by atoms with van der Waals surface area (Å²) in [4.78, 5) is 25.8. The van der Waals surface area contributed by atoms with Gasteiger partial charge in [-0.1, -0.05) is 24.6 Å². The van der Waals surface area contributed by atoms with Gasteiger partial charge < -0.3 is 10.6 Å². The second-order valence-electron chi connectivity index (χ2n) is 6.01. The molecule has 0 aliphatic rings. The van der Waals surface area contributed by atoms with E-state index >= 15 is 0 Å². The highest BCUT2D eigenvalue weighted by atomic mass is 35.5. The predicted molar refractivity (Wildman–Crippen MR) is 94.9 cm³/mol. The monoisotopic (exact) mass is 339 g/mol. The molecule has 2 amide bonds. The molecule has 0 aliphatic carbocycles. The lowest BCUT2D eigenvalue weighted by Gasteiger charge is -2.20. The summed E-state index contributed by atoms with van der Waals surface area (Å²) < 4.78 is 0. The van der Waals surface area contributed by atoms with E-state index in [9.17, 15) is 9.59 Å². The van der Waals surface area contributed by atoms with Crippen molar-refractivity contribution >= 4 is 29.1 Å². The smallest absolute Gasteiger partial charge is 0.238 e. The Morgan fingerprint density at radius 3 is 2.30 bits per heavy atom. The summed E-state index contributed by atoms with van der Waals surface area (Å²) in [5, 5.41) is 6.19. The number of anilines is 1. The number of halogens is 1. The minimum atomic E-state index is -0.182. The number of aryl methyl sites for hydroxylation is 2. The normalized spacial score (nSPS) is 11.0. The maximum Gasteiger partial charge on any atom is 0.238 e. The molecule has 0 bridgehead atoms. The van der Waals surface area contributed by atoms with E-state index in [0.29, 0.717) is 17.3 Å². The Hall–Kier alpha value is -1.59. The Labute approximate surface area is 143 Å². The lowest BCUT2D eigenvalue weighted by atomic mass is 10.1. The molecule has 0 saturated carbocycles. The lowest BCUT2D eigenvalue weighted by molar-refractivity contribution is -0.123. The fraction of sp³-hybridized carbons (Fsp3) is 0.529. The van der Waals surface area contributed by atoms with Crippen molar-refractivity contribution in [2.75, 3.05) is 25.0 Å². The van der Waals surface area contributed by atoms with Crippen LogP contribution < -0.4 is 10.6 Å². The fourth-order valence-corrected chi connectivity index (χ4v) is 2.67. The van der Waals surface area contributed by atoms with E-state index in [0.717, 1.165) is 11.1 Å². The zero-order chi connectivity index (χ0) is 17.6. The molecular weight excluding hydrogens is 314 g/mol. The van der Waals surface area contributed by atoms with Crippen LogP contribution in [0.5, 0.6) is 0 Å². The van der Waals surface area contributed by atoms with E-state index in [-0.39, 0.29) is 30.9 Å². The van der Waals surface area contributed by atoms with Gasteiger partial charge in [-0.2, -0.15) is 0 Å². The third-order valence-corrected chi connectivity index (χ3v) is 3.63. The molecule has 0 unspecified atom stereocenters. The van der Waals surface area contributed by atoms with Gasteiger partial charge in [0.25, 0.3) is 0 Å². The summed E-state index contributed by atoms with van der Waals surface area (Å²) in [5.41, 5.74) is 2.60. The summed E-state index contributed by atoms with van der Waals surface area (Å²) in [6.07, 6.45) is 0. The van der Waals surface area contributed by atoms with E-state index in [2.05, 4.69) is 10.6 Å². The molecule has 128 valence electrons. The standard InChI is InChI=1S/C17H26ClN3O2/c1-6-21(9-15(22)19-11(2)3)10-16(23)20-17-13(5)7-12(4)8-14(17)18/h7-8,11H,6,9-10H2,1-5H3,(H,19,22)(H,20,23). The summed E-state index contributed by atoms with van der Waals surface area (Å²) in [7, 11) is 0. The summed E-state index contributed by atoms with van der Waals surface area (Å²) >= 11 is 6.20. The van der Waals surface area contributed by atoms with E-state index in [1.54, 1.807) is 4.90 Å². The van der Waals surface area contributed by atoms with Crippen molar-refractivity contribution < 1.29 is 9.59 Å².